The van der Waals surface area contributed by atoms with Gasteiger partial charge in [0, 0.05) is 32.1 Å². The summed E-state index contributed by atoms with van der Waals surface area (Å²) < 4.78 is 0. The maximum absolute atomic E-state index is 12.1. The van der Waals surface area contributed by atoms with E-state index < -0.39 is 0 Å². The van der Waals surface area contributed by atoms with Gasteiger partial charge in [-0.2, -0.15) is 0 Å². The molecule has 0 aliphatic carbocycles. The largest absolute Gasteiger partial charge is 0.370 e. The fourth-order valence-corrected chi connectivity index (χ4v) is 2.68. The molecule has 2 rings (SSSR count). The summed E-state index contributed by atoms with van der Waals surface area (Å²) in [7, 11) is 0. The quantitative estimate of drug-likeness (QED) is 0.846. The van der Waals surface area contributed by atoms with Gasteiger partial charge in [0.2, 0.25) is 5.91 Å². The molecule has 0 spiro atoms. The standard InChI is InChI=1S/C17H27N3O/c1-14(2)18-11-10-17(21)19-15-8-4-5-9-16(15)20-12-6-3-7-13-20/h4-5,8-9,14,18H,3,6-7,10-13H2,1-2H3,(H,19,21). The normalized spacial score (nSPS) is 15.3. The van der Waals surface area contributed by atoms with Gasteiger partial charge >= 0.3 is 0 Å². The molecular formula is C17H27N3O. The van der Waals surface area contributed by atoms with Crippen molar-refractivity contribution in [3.8, 4) is 0 Å². The van der Waals surface area contributed by atoms with Gasteiger partial charge in [0.1, 0.15) is 0 Å². The van der Waals surface area contributed by atoms with Crippen LogP contribution < -0.4 is 15.5 Å². The van der Waals surface area contributed by atoms with Gasteiger partial charge in [0.15, 0.2) is 0 Å². The van der Waals surface area contributed by atoms with Crippen LogP contribution in [0.5, 0.6) is 0 Å². The zero-order valence-electron chi connectivity index (χ0n) is 13.2. The van der Waals surface area contributed by atoms with E-state index in [9.17, 15) is 4.79 Å². The third kappa shape index (κ3) is 5.05. The Balaban J connectivity index is 1.94. The van der Waals surface area contributed by atoms with E-state index in [4.69, 9.17) is 0 Å². The zero-order valence-corrected chi connectivity index (χ0v) is 13.2. The van der Waals surface area contributed by atoms with Gasteiger partial charge in [0.05, 0.1) is 11.4 Å². The van der Waals surface area contributed by atoms with Crippen molar-refractivity contribution in [2.75, 3.05) is 29.9 Å². The minimum Gasteiger partial charge on any atom is -0.370 e. The minimum atomic E-state index is 0.0765. The number of carbonyl (C=O) groups is 1. The molecule has 1 aliphatic rings. The van der Waals surface area contributed by atoms with Crippen LogP contribution in [0.15, 0.2) is 24.3 Å². The van der Waals surface area contributed by atoms with Crippen LogP contribution in [-0.2, 0) is 4.79 Å². The third-order valence-electron chi connectivity index (χ3n) is 3.78. The van der Waals surface area contributed by atoms with Crippen LogP contribution in [0.1, 0.15) is 39.5 Å². The van der Waals surface area contributed by atoms with E-state index in [1.165, 1.54) is 19.3 Å². The number of benzene rings is 1. The molecule has 116 valence electrons. The van der Waals surface area contributed by atoms with Crippen molar-refractivity contribution < 1.29 is 4.79 Å². The van der Waals surface area contributed by atoms with Crippen LogP contribution in [0, 0.1) is 0 Å². The molecule has 21 heavy (non-hydrogen) atoms. The number of rotatable bonds is 6. The van der Waals surface area contributed by atoms with E-state index >= 15 is 0 Å². The van der Waals surface area contributed by atoms with E-state index in [-0.39, 0.29) is 5.91 Å². The number of amides is 1. The summed E-state index contributed by atoms with van der Waals surface area (Å²) >= 11 is 0. The van der Waals surface area contributed by atoms with E-state index in [2.05, 4.69) is 35.4 Å². The number of piperidine rings is 1. The van der Waals surface area contributed by atoms with E-state index in [0.29, 0.717) is 12.5 Å². The highest BCUT2D eigenvalue weighted by Crippen LogP contribution is 2.28. The van der Waals surface area contributed by atoms with Crippen molar-refractivity contribution in [1.29, 1.82) is 0 Å². The number of nitrogens with one attached hydrogen (secondary N) is 2. The van der Waals surface area contributed by atoms with Crippen LogP contribution in [0.3, 0.4) is 0 Å². The van der Waals surface area contributed by atoms with E-state index in [1.54, 1.807) is 0 Å². The van der Waals surface area contributed by atoms with Crippen molar-refractivity contribution in [2.24, 2.45) is 0 Å². The van der Waals surface area contributed by atoms with Crippen LogP contribution in [0.2, 0.25) is 0 Å². The molecule has 1 amide bonds. The molecule has 1 aromatic rings. The molecule has 1 aliphatic heterocycles. The molecule has 4 nitrogen and oxygen atoms in total. The molecule has 0 unspecified atom stereocenters. The van der Waals surface area contributed by atoms with Gasteiger partial charge in [-0.05, 0) is 31.4 Å². The second-order valence-corrected chi connectivity index (χ2v) is 5.97. The molecule has 0 bridgehead atoms. The van der Waals surface area contributed by atoms with Gasteiger partial charge in [-0.15, -0.1) is 0 Å². The smallest absolute Gasteiger partial charge is 0.225 e. The SMILES string of the molecule is CC(C)NCCC(=O)Nc1ccccc1N1CCCCC1. The minimum absolute atomic E-state index is 0.0765. The van der Waals surface area contributed by atoms with Gasteiger partial charge in [-0.25, -0.2) is 0 Å². The second kappa shape index (κ2) is 8.03. The van der Waals surface area contributed by atoms with Gasteiger partial charge in [-0.3, -0.25) is 4.79 Å². The summed E-state index contributed by atoms with van der Waals surface area (Å²) in [6.07, 6.45) is 4.29. The van der Waals surface area contributed by atoms with E-state index in [0.717, 1.165) is 31.0 Å². The molecule has 2 N–H and O–H groups in total. The first-order valence-corrected chi connectivity index (χ1v) is 8.04. The Morgan fingerprint density at radius 2 is 1.90 bits per heavy atom. The first-order chi connectivity index (χ1) is 10.2. The van der Waals surface area contributed by atoms with Crippen molar-refractivity contribution in [3.63, 3.8) is 0 Å². The van der Waals surface area contributed by atoms with Crippen molar-refractivity contribution >= 4 is 17.3 Å². The Morgan fingerprint density at radius 1 is 1.19 bits per heavy atom. The van der Waals surface area contributed by atoms with Crippen LogP contribution in [0.25, 0.3) is 0 Å². The first-order valence-electron chi connectivity index (χ1n) is 8.04. The molecule has 4 heteroatoms. The monoisotopic (exact) mass is 289 g/mol. The molecule has 1 heterocycles. The summed E-state index contributed by atoms with van der Waals surface area (Å²) in [6, 6.07) is 8.54. The van der Waals surface area contributed by atoms with Crippen molar-refractivity contribution in [2.45, 2.75) is 45.6 Å². The van der Waals surface area contributed by atoms with Crippen molar-refractivity contribution in [1.82, 2.24) is 5.32 Å². The molecule has 0 radical (unpaired) electrons. The molecule has 1 aromatic carbocycles. The number of hydrogen-bond acceptors (Lipinski definition) is 3. The zero-order chi connectivity index (χ0) is 15.1. The average molecular weight is 289 g/mol. The molecule has 0 aromatic heterocycles. The Bertz CT molecular complexity index is 453. The van der Waals surface area contributed by atoms with Gasteiger partial charge < -0.3 is 15.5 Å². The third-order valence-corrected chi connectivity index (χ3v) is 3.78. The van der Waals surface area contributed by atoms with Crippen LogP contribution >= 0.6 is 0 Å². The summed E-state index contributed by atoms with van der Waals surface area (Å²) in [4.78, 5) is 14.4. The van der Waals surface area contributed by atoms with Crippen LogP contribution in [-0.4, -0.2) is 31.6 Å². The van der Waals surface area contributed by atoms with Gasteiger partial charge in [-0.1, -0.05) is 26.0 Å². The summed E-state index contributed by atoms with van der Waals surface area (Å²) in [5, 5.41) is 6.33. The number of anilines is 2. The summed E-state index contributed by atoms with van der Waals surface area (Å²) in [5.74, 6) is 0.0765. The lowest BCUT2D eigenvalue weighted by Crippen LogP contribution is -2.31. The predicted molar refractivity (Wildman–Crippen MR) is 88.9 cm³/mol. The summed E-state index contributed by atoms with van der Waals surface area (Å²) in [6.45, 7) is 7.06. The maximum Gasteiger partial charge on any atom is 0.225 e. The highest BCUT2D eigenvalue weighted by atomic mass is 16.1. The Hall–Kier alpha value is -1.55. The molecule has 1 saturated heterocycles. The average Bonchev–Trinajstić information content (AvgIpc) is 2.48. The number of hydrogen-bond donors (Lipinski definition) is 2. The second-order valence-electron chi connectivity index (χ2n) is 5.97. The number of nitrogens with zero attached hydrogens (tertiary/aromatic N) is 1. The molecule has 0 saturated carbocycles. The Morgan fingerprint density at radius 3 is 2.62 bits per heavy atom. The highest BCUT2D eigenvalue weighted by Gasteiger charge is 2.15. The predicted octanol–water partition coefficient (Wildman–Crippen LogP) is 3.00. The lowest BCUT2D eigenvalue weighted by atomic mass is 10.1. The van der Waals surface area contributed by atoms with Gasteiger partial charge in [0.25, 0.3) is 0 Å². The fourth-order valence-electron chi connectivity index (χ4n) is 2.68. The highest BCUT2D eigenvalue weighted by molar-refractivity contribution is 5.94. The molecule has 0 atom stereocenters. The van der Waals surface area contributed by atoms with E-state index in [1.807, 2.05) is 18.2 Å². The number of carbonyl (C=O) groups excluding carboxylic acids is 1. The molecule has 1 fully saturated rings. The lowest BCUT2D eigenvalue weighted by Gasteiger charge is -2.30. The molecular weight excluding hydrogens is 262 g/mol. The topological polar surface area (TPSA) is 44.4 Å². The fraction of sp³-hybridized carbons (Fsp3) is 0.588. The number of para-hydroxylation sites is 2. The first kappa shape index (κ1) is 15.8. The lowest BCUT2D eigenvalue weighted by molar-refractivity contribution is -0.116. The maximum atomic E-state index is 12.1. The Labute approximate surface area is 127 Å². The van der Waals surface area contributed by atoms with Crippen LogP contribution in [0.4, 0.5) is 11.4 Å². The Kier molecular flexibility index (Phi) is 6.05. The van der Waals surface area contributed by atoms with Crippen molar-refractivity contribution in [3.05, 3.63) is 24.3 Å². The summed E-state index contributed by atoms with van der Waals surface area (Å²) in [5.41, 5.74) is 2.09.